The summed E-state index contributed by atoms with van der Waals surface area (Å²) in [5.74, 6) is -2.03. The number of ether oxygens (including phenoxy) is 1. The number of Topliss-reactive ketones (excluding diaryl/α,β-unsaturated/α-hetero) is 1. The maximum absolute atomic E-state index is 12.2. The van der Waals surface area contributed by atoms with Crippen molar-refractivity contribution < 1.29 is 28.7 Å². The van der Waals surface area contributed by atoms with Crippen LogP contribution in [0.4, 0.5) is 0 Å². The van der Waals surface area contributed by atoms with Gasteiger partial charge in [0, 0.05) is 6.42 Å². The summed E-state index contributed by atoms with van der Waals surface area (Å²) in [4.78, 5) is 51.8. The van der Waals surface area contributed by atoms with Crippen LogP contribution in [0, 0.1) is 5.53 Å². The van der Waals surface area contributed by atoms with E-state index in [1.165, 1.54) is 0 Å². The number of amides is 2. The quantitative estimate of drug-likeness (QED) is 0.198. The highest BCUT2D eigenvalue weighted by Crippen LogP contribution is 2.11. The van der Waals surface area contributed by atoms with E-state index in [9.17, 15) is 19.2 Å². The first-order valence-corrected chi connectivity index (χ1v) is 8.11. The molecular formula is C16H28N5O5+. The minimum atomic E-state index is -1.05. The Balaban J connectivity index is 4.79. The van der Waals surface area contributed by atoms with Gasteiger partial charge in [-0.25, -0.2) is 4.79 Å². The van der Waals surface area contributed by atoms with Gasteiger partial charge < -0.3 is 20.3 Å². The zero-order valence-corrected chi connectivity index (χ0v) is 15.9. The Kier molecular flexibility index (Phi) is 10.0. The average Bonchev–Trinajstić information content (AvgIpc) is 2.47. The van der Waals surface area contributed by atoms with E-state index in [1.807, 2.05) is 0 Å². The molecule has 0 saturated heterocycles. The molecule has 2 amide bonds. The predicted octanol–water partition coefficient (Wildman–Crippen LogP) is -0.850. The Bertz CT molecular complexity index is 576. The maximum Gasteiger partial charge on any atom is 0.372 e. The Morgan fingerprint density at radius 3 is 2.31 bits per heavy atom. The SMILES string of the molecule is CN(C)CC(=O)NCC(=O)N[C@@H](CCC(=O)C=[N+]=N)C(=O)OC(C)(C)C. The molecule has 0 heterocycles. The standard InChI is InChI=1S/C16H27N5O5/c1-16(2,3)26-15(25)12(7-6-11(22)8-19-17)20-13(23)9-18-14(24)10-21(4)5/h8,12,17H,6-7,9-10H2,1-5H3,(H-,18,20,23,24)/p+1/t12-/m0/s1. The predicted molar refractivity (Wildman–Crippen MR) is 92.6 cm³/mol. The van der Waals surface area contributed by atoms with Crippen molar-refractivity contribution in [1.82, 2.24) is 15.5 Å². The van der Waals surface area contributed by atoms with Gasteiger partial charge in [0.1, 0.15) is 11.6 Å². The van der Waals surface area contributed by atoms with Gasteiger partial charge in [-0.15, -0.1) is 0 Å². The molecule has 0 unspecified atom stereocenters. The van der Waals surface area contributed by atoms with Gasteiger partial charge in [-0.3, -0.25) is 14.4 Å². The third kappa shape index (κ3) is 11.9. The van der Waals surface area contributed by atoms with Gasteiger partial charge in [-0.05, 0) is 41.3 Å². The second-order valence-corrected chi connectivity index (χ2v) is 6.93. The molecule has 0 aromatic rings. The van der Waals surface area contributed by atoms with Gasteiger partial charge in [0.2, 0.25) is 17.6 Å². The lowest BCUT2D eigenvalue weighted by Crippen LogP contribution is -2.48. The summed E-state index contributed by atoms with van der Waals surface area (Å²) in [5.41, 5.74) is 5.86. The molecule has 0 fully saturated rings. The largest absolute Gasteiger partial charge is 0.458 e. The van der Waals surface area contributed by atoms with Crippen molar-refractivity contribution in [3.63, 3.8) is 0 Å². The van der Waals surface area contributed by atoms with Crippen LogP contribution in [0.3, 0.4) is 0 Å². The monoisotopic (exact) mass is 370 g/mol. The van der Waals surface area contributed by atoms with Crippen molar-refractivity contribution in [2.45, 2.75) is 45.3 Å². The molecule has 10 heteroatoms. The number of hydrogen-bond donors (Lipinski definition) is 3. The van der Waals surface area contributed by atoms with Crippen LogP contribution in [0.1, 0.15) is 33.6 Å². The van der Waals surface area contributed by atoms with Gasteiger partial charge >= 0.3 is 12.2 Å². The average molecular weight is 370 g/mol. The molecule has 0 radical (unpaired) electrons. The minimum absolute atomic E-state index is 0.00283. The lowest BCUT2D eigenvalue weighted by molar-refractivity contribution is -0.158. The highest BCUT2D eigenvalue weighted by Gasteiger charge is 2.27. The molecule has 26 heavy (non-hydrogen) atoms. The first kappa shape index (κ1) is 23.4. The van der Waals surface area contributed by atoms with E-state index in [2.05, 4.69) is 15.4 Å². The van der Waals surface area contributed by atoms with Gasteiger partial charge in [0.15, 0.2) is 0 Å². The number of rotatable bonds is 10. The Morgan fingerprint density at radius 1 is 1.19 bits per heavy atom. The Hall–Kier alpha value is -2.58. The summed E-state index contributed by atoms with van der Waals surface area (Å²) in [6.45, 7) is 4.88. The summed E-state index contributed by atoms with van der Waals surface area (Å²) in [6.07, 6.45) is 0.742. The van der Waals surface area contributed by atoms with Crippen molar-refractivity contribution in [3.05, 3.63) is 0 Å². The van der Waals surface area contributed by atoms with E-state index in [0.29, 0.717) is 0 Å². The molecule has 0 rings (SSSR count). The van der Waals surface area contributed by atoms with E-state index in [-0.39, 0.29) is 31.8 Å². The molecule has 3 N–H and O–H groups in total. The Morgan fingerprint density at radius 2 is 1.81 bits per heavy atom. The van der Waals surface area contributed by atoms with E-state index < -0.39 is 29.3 Å². The summed E-state index contributed by atoms with van der Waals surface area (Å²) in [7, 11) is 3.44. The second-order valence-electron chi connectivity index (χ2n) is 6.93. The maximum atomic E-state index is 12.2. The van der Waals surface area contributed by atoms with Crippen molar-refractivity contribution in [2.75, 3.05) is 27.2 Å². The third-order valence-electron chi connectivity index (χ3n) is 2.82. The fraction of sp³-hybridized carbons (Fsp3) is 0.688. The number of carbonyl (C=O) groups excluding carboxylic acids is 4. The fourth-order valence-corrected chi connectivity index (χ4v) is 1.81. The summed E-state index contributed by atoms with van der Waals surface area (Å²) in [6, 6.07) is -1.05. The van der Waals surface area contributed by atoms with Crippen LogP contribution < -0.4 is 10.6 Å². The van der Waals surface area contributed by atoms with Crippen LogP contribution >= 0.6 is 0 Å². The molecule has 0 bridgehead atoms. The summed E-state index contributed by atoms with van der Waals surface area (Å²) >= 11 is 0. The number of ketones is 1. The molecule has 1 atom stereocenters. The van der Waals surface area contributed by atoms with Gasteiger partial charge in [-0.2, -0.15) is 0 Å². The number of carbonyl (C=O) groups is 4. The molecule has 0 aliphatic rings. The molecule has 0 spiro atoms. The first-order chi connectivity index (χ1) is 11.9. The molecule has 0 aromatic heterocycles. The van der Waals surface area contributed by atoms with Crippen molar-refractivity contribution in [3.8, 4) is 0 Å². The van der Waals surface area contributed by atoms with Gasteiger partial charge in [0.05, 0.1) is 23.4 Å². The van der Waals surface area contributed by atoms with E-state index in [1.54, 1.807) is 39.8 Å². The number of likely N-dealkylation sites (N-methyl/N-ethyl adjacent to an activating group) is 1. The van der Waals surface area contributed by atoms with Crippen LogP contribution in [-0.2, 0) is 23.9 Å². The summed E-state index contributed by atoms with van der Waals surface area (Å²) in [5, 5.41) is 4.89. The normalized spacial score (nSPS) is 11.9. The van der Waals surface area contributed by atoms with Crippen molar-refractivity contribution in [2.24, 2.45) is 0 Å². The molecule has 0 aliphatic heterocycles. The van der Waals surface area contributed by atoms with Crippen LogP contribution in [0.5, 0.6) is 0 Å². The fourth-order valence-electron chi connectivity index (χ4n) is 1.81. The highest BCUT2D eigenvalue weighted by atomic mass is 16.6. The van der Waals surface area contributed by atoms with E-state index >= 15 is 0 Å². The number of esters is 1. The van der Waals surface area contributed by atoms with Crippen LogP contribution in [0.2, 0.25) is 0 Å². The number of hydrogen-bond acceptors (Lipinski definition) is 7. The third-order valence-corrected chi connectivity index (χ3v) is 2.82. The lowest BCUT2D eigenvalue weighted by Gasteiger charge is -2.24. The smallest absolute Gasteiger partial charge is 0.372 e. The summed E-state index contributed by atoms with van der Waals surface area (Å²) < 4.78 is 5.24. The molecule has 0 aromatic carbocycles. The van der Waals surface area contributed by atoms with Crippen LogP contribution in [-0.4, -0.2) is 78.3 Å². The number of nitrogens with one attached hydrogen (secondary N) is 3. The van der Waals surface area contributed by atoms with Gasteiger partial charge in [-0.1, -0.05) is 0 Å². The topological polar surface area (TPSA) is 143 Å². The van der Waals surface area contributed by atoms with Gasteiger partial charge in [0.25, 0.3) is 0 Å². The lowest BCUT2D eigenvalue weighted by atomic mass is 10.1. The van der Waals surface area contributed by atoms with Crippen molar-refractivity contribution >= 4 is 29.8 Å². The van der Waals surface area contributed by atoms with Crippen LogP contribution in [0.15, 0.2) is 0 Å². The zero-order valence-electron chi connectivity index (χ0n) is 15.9. The zero-order chi connectivity index (χ0) is 20.3. The molecule has 0 saturated carbocycles. The second kappa shape index (κ2) is 11.1. The Labute approximate surface area is 152 Å². The molecule has 0 aliphatic carbocycles. The molecule has 146 valence electrons. The molecular weight excluding hydrogens is 342 g/mol. The van der Waals surface area contributed by atoms with E-state index in [4.69, 9.17) is 10.3 Å². The van der Waals surface area contributed by atoms with E-state index in [0.717, 1.165) is 6.21 Å². The van der Waals surface area contributed by atoms with Crippen molar-refractivity contribution in [1.29, 1.82) is 5.53 Å². The number of nitrogens with zero attached hydrogens (tertiary/aromatic N) is 2. The first-order valence-electron chi connectivity index (χ1n) is 8.11. The minimum Gasteiger partial charge on any atom is -0.458 e. The van der Waals surface area contributed by atoms with Crippen LogP contribution in [0.25, 0.3) is 0 Å². The highest BCUT2D eigenvalue weighted by molar-refractivity contribution is 6.25. The molecule has 10 nitrogen and oxygen atoms in total.